The molecule has 1 aliphatic carbocycles. The quantitative estimate of drug-likeness (QED) is 0.782. The number of carboxylic acid groups (broad SMARTS) is 1. The first-order valence-electron chi connectivity index (χ1n) is 4.93. The molecular weight excluding hydrogens is 194 g/mol. The Labute approximate surface area is 87.7 Å². The van der Waals surface area contributed by atoms with Gasteiger partial charge in [-0.15, -0.1) is 0 Å². The topological polar surface area (TPSA) is 72.5 Å². The van der Waals surface area contributed by atoms with Crippen LogP contribution < -0.4 is 10.5 Å². The van der Waals surface area contributed by atoms with Gasteiger partial charge in [-0.25, -0.2) is 4.79 Å². The normalized spacial score (nSPS) is 15.0. The molecule has 0 spiro atoms. The van der Waals surface area contributed by atoms with Crippen LogP contribution in [0, 0.1) is 0 Å². The molecule has 0 radical (unpaired) electrons. The van der Waals surface area contributed by atoms with Gasteiger partial charge in [-0.3, -0.25) is 0 Å². The van der Waals surface area contributed by atoms with Crippen LogP contribution >= 0.6 is 0 Å². The number of carboxylic acids is 1. The van der Waals surface area contributed by atoms with Crippen LogP contribution in [0.25, 0.3) is 0 Å². The molecule has 2 rings (SSSR count). The average molecular weight is 207 g/mol. The Morgan fingerprint density at radius 2 is 2.20 bits per heavy atom. The van der Waals surface area contributed by atoms with Crippen LogP contribution in [-0.2, 0) is 6.54 Å². The van der Waals surface area contributed by atoms with Gasteiger partial charge >= 0.3 is 5.97 Å². The Bertz CT molecular complexity index is 385. The van der Waals surface area contributed by atoms with Crippen LogP contribution in [0.1, 0.15) is 28.8 Å². The van der Waals surface area contributed by atoms with Gasteiger partial charge in [0, 0.05) is 6.54 Å². The summed E-state index contributed by atoms with van der Waals surface area (Å²) in [4.78, 5) is 10.8. The summed E-state index contributed by atoms with van der Waals surface area (Å²) in [6.07, 6.45) is 2.37. The van der Waals surface area contributed by atoms with Gasteiger partial charge in [0.2, 0.25) is 0 Å². The van der Waals surface area contributed by atoms with Crippen LogP contribution in [0.2, 0.25) is 0 Å². The lowest BCUT2D eigenvalue weighted by molar-refractivity contribution is 0.0696. The van der Waals surface area contributed by atoms with Crippen molar-refractivity contribution >= 4 is 5.97 Å². The van der Waals surface area contributed by atoms with Crippen LogP contribution in [0.4, 0.5) is 0 Å². The van der Waals surface area contributed by atoms with Gasteiger partial charge in [-0.05, 0) is 36.6 Å². The number of carbonyl (C=O) groups is 1. The van der Waals surface area contributed by atoms with Gasteiger partial charge in [-0.1, -0.05) is 0 Å². The molecule has 0 saturated heterocycles. The molecule has 1 saturated carbocycles. The highest BCUT2D eigenvalue weighted by Crippen LogP contribution is 2.28. The Morgan fingerprint density at radius 3 is 2.73 bits per heavy atom. The summed E-state index contributed by atoms with van der Waals surface area (Å²) in [5.41, 5.74) is 6.50. The number of hydrogen-bond donors (Lipinski definition) is 2. The number of ether oxygens (including phenoxy) is 1. The second-order valence-electron chi connectivity index (χ2n) is 3.69. The number of aromatic carboxylic acids is 1. The summed E-state index contributed by atoms with van der Waals surface area (Å²) < 4.78 is 5.54. The zero-order valence-electron chi connectivity index (χ0n) is 8.27. The third-order valence-corrected chi connectivity index (χ3v) is 2.28. The van der Waals surface area contributed by atoms with E-state index in [9.17, 15) is 4.79 Å². The van der Waals surface area contributed by atoms with Crippen molar-refractivity contribution < 1.29 is 14.6 Å². The van der Waals surface area contributed by atoms with Gasteiger partial charge in [-0.2, -0.15) is 0 Å². The van der Waals surface area contributed by atoms with Crippen LogP contribution in [0.15, 0.2) is 18.2 Å². The maximum Gasteiger partial charge on any atom is 0.335 e. The lowest BCUT2D eigenvalue weighted by Gasteiger charge is -2.07. The summed E-state index contributed by atoms with van der Waals surface area (Å²) in [6, 6.07) is 4.91. The van der Waals surface area contributed by atoms with E-state index in [1.807, 2.05) is 0 Å². The molecule has 1 aliphatic rings. The fraction of sp³-hybridized carbons (Fsp3) is 0.364. The molecule has 3 N–H and O–H groups in total. The number of benzene rings is 1. The standard InChI is InChI=1S/C11H13NO3/c12-6-7-3-8(11(13)14)5-10(4-7)15-9-1-2-9/h3-5,9H,1-2,6,12H2,(H,13,14). The fourth-order valence-electron chi connectivity index (χ4n) is 1.35. The Kier molecular flexibility index (Phi) is 2.60. The predicted molar refractivity (Wildman–Crippen MR) is 54.9 cm³/mol. The van der Waals surface area contributed by atoms with Crippen molar-refractivity contribution in [2.75, 3.05) is 0 Å². The van der Waals surface area contributed by atoms with E-state index >= 15 is 0 Å². The van der Waals surface area contributed by atoms with Crippen molar-refractivity contribution in [3.63, 3.8) is 0 Å². The van der Waals surface area contributed by atoms with Crippen molar-refractivity contribution in [1.82, 2.24) is 0 Å². The monoisotopic (exact) mass is 207 g/mol. The molecule has 1 aromatic carbocycles. The summed E-state index contributed by atoms with van der Waals surface area (Å²) in [5.74, 6) is -0.344. The van der Waals surface area contributed by atoms with Gasteiger partial charge in [0.05, 0.1) is 11.7 Å². The van der Waals surface area contributed by atoms with Gasteiger partial charge in [0.15, 0.2) is 0 Å². The van der Waals surface area contributed by atoms with Crippen LogP contribution in [0.5, 0.6) is 5.75 Å². The molecule has 4 heteroatoms. The molecule has 0 atom stereocenters. The van der Waals surface area contributed by atoms with E-state index in [2.05, 4.69) is 0 Å². The first kappa shape index (κ1) is 9.98. The minimum Gasteiger partial charge on any atom is -0.490 e. The molecule has 0 bridgehead atoms. The predicted octanol–water partition coefficient (Wildman–Crippen LogP) is 1.38. The Balaban J connectivity index is 2.27. The van der Waals surface area contributed by atoms with Crippen molar-refractivity contribution in [1.29, 1.82) is 0 Å². The number of nitrogens with two attached hydrogens (primary N) is 1. The molecule has 1 fully saturated rings. The molecule has 0 heterocycles. The summed E-state index contributed by atoms with van der Waals surface area (Å²) >= 11 is 0. The second-order valence-corrected chi connectivity index (χ2v) is 3.69. The van der Waals surface area contributed by atoms with Crippen molar-refractivity contribution in [3.8, 4) is 5.75 Å². The van der Waals surface area contributed by atoms with Crippen molar-refractivity contribution in [3.05, 3.63) is 29.3 Å². The van der Waals surface area contributed by atoms with E-state index in [0.29, 0.717) is 12.3 Å². The van der Waals surface area contributed by atoms with E-state index in [1.165, 1.54) is 0 Å². The van der Waals surface area contributed by atoms with Crippen LogP contribution in [0.3, 0.4) is 0 Å². The van der Waals surface area contributed by atoms with E-state index < -0.39 is 5.97 Å². The Morgan fingerprint density at radius 1 is 1.47 bits per heavy atom. The van der Waals surface area contributed by atoms with E-state index in [4.69, 9.17) is 15.6 Å². The summed E-state index contributed by atoms with van der Waals surface area (Å²) in [5, 5.41) is 8.88. The number of rotatable bonds is 4. The molecule has 15 heavy (non-hydrogen) atoms. The zero-order chi connectivity index (χ0) is 10.8. The molecule has 1 aromatic rings. The second kappa shape index (κ2) is 3.90. The lowest BCUT2D eigenvalue weighted by atomic mass is 10.1. The van der Waals surface area contributed by atoms with E-state index in [0.717, 1.165) is 18.4 Å². The van der Waals surface area contributed by atoms with Gasteiger partial charge in [0.1, 0.15) is 5.75 Å². The molecule has 4 nitrogen and oxygen atoms in total. The number of hydrogen-bond acceptors (Lipinski definition) is 3. The molecule has 0 amide bonds. The van der Waals surface area contributed by atoms with Crippen molar-refractivity contribution in [2.24, 2.45) is 5.73 Å². The van der Waals surface area contributed by atoms with Crippen molar-refractivity contribution in [2.45, 2.75) is 25.5 Å². The summed E-state index contributed by atoms with van der Waals surface area (Å²) in [7, 11) is 0. The maximum atomic E-state index is 10.8. The van der Waals surface area contributed by atoms with Crippen LogP contribution in [-0.4, -0.2) is 17.2 Å². The smallest absolute Gasteiger partial charge is 0.335 e. The fourth-order valence-corrected chi connectivity index (χ4v) is 1.35. The zero-order valence-corrected chi connectivity index (χ0v) is 8.27. The first-order valence-corrected chi connectivity index (χ1v) is 4.93. The highest BCUT2D eigenvalue weighted by Gasteiger charge is 2.24. The maximum absolute atomic E-state index is 10.8. The molecule has 0 unspecified atom stereocenters. The third-order valence-electron chi connectivity index (χ3n) is 2.28. The third kappa shape index (κ3) is 2.47. The van der Waals surface area contributed by atoms with Gasteiger partial charge in [0.25, 0.3) is 0 Å². The lowest BCUT2D eigenvalue weighted by Crippen LogP contribution is -2.04. The highest BCUT2D eigenvalue weighted by atomic mass is 16.5. The highest BCUT2D eigenvalue weighted by molar-refractivity contribution is 5.88. The first-order chi connectivity index (χ1) is 7.19. The molecular formula is C11H13NO3. The largest absolute Gasteiger partial charge is 0.490 e. The molecule has 0 aliphatic heterocycles. The van der Waals surface area contributed by atoms with Gasteiger partial charge < -0.3 is 15.6 Å². The summed E-state index contributed by atoms with van der Waals surface area (Å²) in [6.45, 7) is 0.322. The molecule has 80 valence electrons. The van der Waals surface area contributed by atoms with E-state index in [1.54, 1.807) is 18.2 Å². The Hall–Kier alpha value is -1.55. The minimum absolute atomic E-state index is 0.230. The minimum atomic E-state index is -0.953. The molecule has 0 aromatic heterocycles. The average Bonchev–Trinajstić information content (AvgIpc) is 3.01. The SMILES string of the molecule is NCc1cc(OC2CC2)cc(C(=O)O)c1. The van der Waals surface area contributed by atoms with E-state index in [-0.39, 0.29) is 11.7 Å².